The van der Waals surface area contributed by atoms with Crippen LogP contribution in [0.3, 0.4) is 0 Å². The van der Waals surface area contributed by atoms with Crippen molar-refractivity contribution in [2.75, 3.05) is 0 Å². The van der Waals surface area contributed by atoms with Crippen molar-refractivity contribution < 1.29 is 8.42 Å². The van der Waals surface area contributed by atoms with Crippen LogP contribution < -0.4 is 5.14 Å². The van der Waals surface area contributed by atoms with Crippen molar-refractivity contribution >= 4 is 10.0 Å². The average molecular weight is 256 g/mol. The van der Waals surface area contributed by atoms with E-state index >= 15 is 0 Å². The van der Waals surface area contributed by atoms with Crippen LogP contribution in [0.4, 0.5) is 0 Å². The molecular weight excluding hydrogens is 244 g/mol. The number of rotatable bonds is 4. The zero-order valence-electron chi connectivity index (χ0n) is 9.18. The zero-order chi connectivity index (χ0) is 12.5. The fraction of sp³-hybridized carbons (Fsp3) is 0.375. The lowest BCUT2D eigenvalue weighted by Gasteiger charge is -2.02. The van der Waals surface area contributed by atoms with Gasteiger partial charge in [-0.3, -0.25) is 4.68 Å². The minimum absolute atomic E-state index is 0.0138. The third kappa shape index (κ3) is 2.50. The van der Waals surface area contributed by atoms with Crippen LogP contribution in [0, 0.1) is 0 Å². The summed E-state index contributed by atoms with van der Waals surface area (Å²) in [6.45, 7) is 2.99. The lowest BCUT2D eigenvalue weighted by atomic mass is 10.5. The van der Waals surface area contributed by atoms with E-state index in [1.54, 1.807) is 4.68 Å². The largest absolute Gasteiger partial charge is 0.264 e. The molecular formula is C8H12N6O2S. The van der Waals surface area contributed by atoms with Crippen molar-refractivity contribution in [3.63, 3.8) is 0 Å². The first-order chi connectivity index (χ1) is 8.00. The van der Waals surface area contributed by atoms with Gasteiger partial charge in [0.05, 0.1) is 6.20 Å². The third-order valence-electron chi connectivity index (χ3n) is 2.24. The number of hydrogen-bond acceptors (Lipinski definition) is 5. The first kappa shape index (κ1) is 11.7. The molecule has 9 heteroatoms. The summed E-state index contributed by atoms with van der Waals surface area (Å²) in [5, 5.41) is 12.9. The summed E-state index contributed by atoms with van der Waals surface area (Å²) in [6.07, 6.45) is 4.02. The van der Waals surface area contributed by atoms with Crippen LogP contribution in [-0.4, -0.2) is 33.0 Å². The molecule has 2 N–H and O–H groups in total. The van der Waals surface area contributed by atoms with Gasteiger partial charge < -0.3 is 0 Å². The maximum Gasteiger partial charge on any atom is 0.241 e. The second-order valence-electron chi connectivity index (χ2n) is 3.41. The maximum atomic E-state index is 11.1. The van der Waals surface area contributed by atoms with Crippen molar-refractivity contribution in [3.05, 3.63) is 24.5 Å². The molecule has 0 unspecified atom stereocenters. The Bertz CT molecular complexity index is 614. The Morgan fingerprint density at radius 1 is 1.41 bits per heavy atom. The summed E-state index contributed by atoms with van der Waals surface area (Å²) < 4.78 is 25.3. The highest BCUT2D eigenvalue weighted by molar-refractivity contribution is 7.89. The smallest absolute Gasteiger partial charge is 0.241 e. The van der Waals surface area contributed by atoms with E-state index < -0.39 is 10.0 Å². The quantitative estimate of drug-likeness (QED) is 0.769. The standard InChI is InChI=1S/C8H12N6O2S/c1-2-14-8(10-6-12-14)5-13-4-7(3-11-13)17(9,15)16/h3-4,6H,2,5H2,1H3,(H2,9,15,16). The number of aromatic nitrogens is 5. The van der Waals surface area contributed by atoms with Gasteiger partial charge in [0, 0.05) is 12.7 Å². The summed E-state index contributed by atoms with van der Waals surface area (Å²) in [6, 6.07) is 0. The van der Waals surface area contributed by atoms with E-state index in [2.05, 4.69) is 15.2 Å². The molecule has 0 fully saturated rings. The Balaban J connectivity index is 2.23. The third-order valence-corrected chi connectivity index (χ3v) is 3.10. The second kappa shape index (κ2) is 4.26. The van der Waals surface area contributed by atoms with Gasteiger partial charge in [0.2, 0.25) is 10.0 Å². The van der Waals surface area contributed by atoms with Crippen molar-refractivity contribution in [2.45, 2.75) is 24.9 Å². The van der Waals surface area contributed by atoms with Crippen molar-refractivity contribution in [1.29, 1.82) is 0 Å². The summed E-state index contributed by atoms with van der Waals surface area (Å²) >= 11 is 0. The van der Waals surface area contributed by atoms with E-state index in [4.69, 9.17) is 5.14 Å². The van der Waals surface area contributed by atoms with Gasteiger partial charge in [0.25, 0.3) is 0 Å². The van der Waals surface area contributed by atoms with E-state index in [0.29, 0.717) is 18.9 Å². The highest BCUT2D eigenvalue weighted by Crippen LogP contribution is 2.05. The summed E-state index contributed by atoms with van der Waals surface area (Å²) in [5.74, 6) is 0.705. The minimum atomic E-state index is -3.70. The lowest BCUT2D eigenvalue weighted by Crippen LogP contribution is -2.12. The van der Waals surface area contributed by atoms with Gasteiger partial charge in [-0.1, -0.05) is 0 Å². The summed E-state index contributed by atoms with van der Waals surface area (Å²) in [7, 11) is -3.70. The first-order valence-electron chi connectivity index (χ1n) is 4.92. The Morgan fingerprint density at radius 2 is 2.18 bits per heavy atom. The highest BCUT2D eigenvalue weighted by atomic mass is 32.2. The van der Waals surface area contributed by atoms with Gasteiger partial charge >= 0.3 is 0 Å². The molecule has 0 aliphatic carbocycles. The fourth-order valence-electron chi connectivity index (χ4n) is 1.40. The molecule has 0 atom stereocenters. The number of nitrogens with zero attached hydrogens (tertiary/aromatic N) is 5. The van der Waals surface area contributed by atoms with Gasteiger partial charge in [0.1, 0.15) is 23.6 Å². The molecule has 0 bridgehead atoms. The van der Waals surface area contributed by atoms with Gasteiger partial charge in [-0.2, -0.15) is 10.2 Å². The molecule has 92 valence electrons. The van der Waals surface area contributed by atoms with Crippen LogP contribution in [0.5, 0.6) is 0 Å². The predicted molar refractivity (Wildman–Crippen MR) is 58.4 cm³/mol. The Kier molecular flexibility index (Phi) is 2.94. The molecule has 8 nitrogen and oxygen atoms in total. The summed E-state index contributed by atoms with van der Waals surface area (Å²) in [4.78, 5) is 4.05. The fourth-order valence-corrected chi connectivity index (χ4v) is 1.86. The Morgan fingerprint density at radius 3 is 2.76 bits per heavy atom. The summed E-state index contributed by atoms with van der Waals surface area (Å²) in [5.41, 5.74) is 0. The SMILES string of the molecule is CCn1ncnc1Cn1cc(S(N)(=O)=O)cn1. The van der Waals surface area contributed by atoms with E-state index in [1.165, 1.54) is 23.4 Å². The first-order valence-corrected chi connectivity index (χ1v) is 6.47. The topological polar surface area (TPSA) is 109 Å². The van der Waals surface area contributed by atoms with E-state index in [-0.39, 0.29) is 4.90 Å². The molecule has 0 aliphatic heterocycles. The molecule has 2 aromatic heterocycles. The lowest BCUT2D eigenvalue weighted by molar-refractivity contribution is 0.567. The van der Waals surface area contributed by atoms with Crippen molar-refractivity contribution in [2.24, 2.45) is 5.14 Å². The average Bonchev–Trinajstić information content (AvgIpc) is 2.86. The molecule has 17 heavy (non-hydrogen) atoms. The van der Waals surface area contributed by atoms with Gasteiger partial charge in [-0.05, 0) is 6.92 Å². The van der Waals surface area contributed by atoms with Crippen LogP contribution in [0.2, 0.25) is 0 Å². The van der Waals surface area contributed by atoms with Gasteiger partial charge in [-0.15, -0.1) is 0 Å². The van der Waals surface area contributed by atoms with Crippen molar-refractivity contribution in [3.8, 4) is 0 Å². The molecule has 0 radical (unpaired) electrons. The molecule has 2 heterocycles. The molecule has 2 aromatic rings. The number of primary sulfonamides is 1. The normalized spacial score (nSPS) is 11.9. The second-order valence-corrected chi connectivity index (χ2v) is 4.97. The zero-order valence-corrected chi connectivity index (χ0v) is 10.0. The predicted octanol–water partition coefficient (Wildman–Crippen LogP) is -0.810. The van der Waals surface area contributed by atoms with Crippen LogP contribution >= 0.6 is 0 Å². The van der Waals surface area contributed by atoms with Crippen LogP contribution in [0.25, 0.3) is 0 Å². The molecule has 2 rings (SSSR count). The Hall–Kier alpha value is -1.74. The number of nitrogens with two attached hydrogens (primary N) is 1. The van der Waals surface area contributed by atoms with E-state index in [9.17, 15) is 8.42 Å². The van der Waals surface area contributed by atoms with E-state index in [1.807, 2.05) is 6.92 Å². The number of sulfonamides is 1. The van der Waals surface area contributed by atoms with Crippen LogP contribution in [0.1, 0.15) is 12.7 Å². The minimum Gasteiger partial charge on any atom is -0.264 e. The maximum absolute atomic E-state index is 11.1. The van der Waals surface area contributed by atoms with Crippen LogP contribution in [0.15, 0.2) is 23.6 Å². The van der Waals surface area contributed by atoms with Crippen molar-refractivity contribution in [1.82, 2.24) is 24.5 Å². The highest BCUT2D eigenvalue weighted by Gasteiger charge is 2.11. The monoisotopic (exact) mass is 256 g/mol. The molecule has 0 aromatic carbocycles. The molecule has 0 amide bonds. The molecule has 0 aliphatic rings. The molecule has 0 saturated carbocycles. The Labute approximate surface area is 98.1 Å². The van der Waals surface area contributed by atoms with Crippen LogP contribution in [-0.2, 0) is 23.1 Å². The van der Waals surface area contributed by atoms with E-state index in [0.717, 1.165) is 0 Å². The van der Waals surface area contributed by atoms with Gasteiger partial charge in [0.15, 0.2) is 0 Å². The van der Waals surface area contributed by atoms with Gasteiger partial charge in [-0.25, -0.2) is 23.2 Å². The molecule has 0 saturated heterocycles. The molecule has 0 spiro atoms. The number of hydrogen-bond donors (Lipinski definition) is 1. The number of aryl methyl sites for hydroxylation is 1.